The van der Waals surface area contributed by atoms with Gasteiger partial charge in [0.1, 0.15) is 17.3 Å². The molecule has 1 aliphatic heterocycles. The molecule has 1 heterocycles. The first kappa shape index (κ1) is 24.1. The van der Waals surface area contributed by atoms with Crippen LogP contribution in [-0.4, -0.2) is 29.0 Å². The number of phenols is 1. The molecule has 0 spiro atoms. The maximum Gasteiger partial charge on any atom is 0.300 e. The third kappa shape index (κ3) is 4.39. The average molecular weight is 472 g/mol. The van der Waals surface area contributed by atoms with Gasteiger partial charge in [-0.05, 0) is 65.4 Å². The number of aliphatic hydroxyl groups excluding tert-OH is 1. The number of hydrogen-bond acceptors (Lipinski definition) is 5. The molecule has 0 bridgehead atoms. The third-order valence-corrected chi connectivity index (χ3v) is 6.23. The molecular weight excluding hydrogens is 442 g/mol. The molecule has 1 atom stereocenters. The van der Waals surface area contributed by atoms with Crippen LogP contribution < -0.4 is 9.64 Å². The predicted molar refractivity (Wildman–Crippen MR) is 136 cm³/mol. The van der Waals surface area contributed by atoms with Gasteiger partial charge in [-0.2, -0.15) is 0 Å². The highest BCUT2D eigenvalue weighted by molar-refractivity contribution is 6.51. The number of benzene rings is 3. The number of aryl methyl sites for hydroxylation is 1. The molecule has 3 aromatic rings. The molecule has 0 aliphatic carbocycles. The Balaban J connectivity index is 2.01. The number of ether oxygens (including phenoxy) is 1. The Bertz CT molecular complexity index is 1350. The Hall–Kier alpha value is -4.06. The molecular formula is C29H29NO5. The molecule has 35 heavy (non-hydrogen) atoms. The van der Waals surface area contributed by atoms with Gasteiger partial charge in [0.25, 0.3) is 11.7 Å². The summed E-state index contributed by atoms with van der Waals surface area (Å²) >= 11 is 0. The fourth-order valence-electron chi connectivity index (χ4n) is 4.39. The van der Waals surface area contributed by atoms with Gasteiger partial charge in [0.05, 0.1) is 24.3 Å². The Morgan fingerprint density at radius 3 is 2.31 bits per heavy atom. The molecule has 4 rings (SSSR count). The van der Waals surface area contributed by atoms with Crippen LogP contribution in [-0.2, 0) is 15.0 Å². The number of carbonyl (C=O) groups is 2. The highest BCUT2D eigenvalue weighted by Crippen LogP contribution is 2.44. The minimum absolute atomic E-state index is 0.00959. The van der Waals surface area contributed by atoms with Crippen LogP contribution in [0.1, 0.15) is 49.1 Å². The van der Waals surface area contributed by atoms with Crippen molar-refractivity contribution in [2.45, 2.75) is 39.2 Å². The highest BCUT2D eigenvalue weighted by Gasteiger charge is 2.47. The molecule has 1 fully saturated rings. The van der Waals surface area contributed by atoms with Crippen molar-refractivity contribution in [2.75, 3.05) is 12.0 Å². The van der Waals surface area contributed by atoms with Gasteiger partial charge in [0.15, 0.2) is 0 Å². The van der Waals surface area contributed by atoms with Crippen molar-refractivity contribution in [2.24, 2.45) is 0 Å². The van der Waals surface area contributed by atoms with Gasteiger partial charge < -0.3 is 14.9 Å². The van der Waals surface area contributed by atoms with Crippen molar-refractivity contribution in [3.63, 3.8) is 0 Å². The molecule has 0 radical (unpaired) electrons. The van der Waals surface area contributed by atoms with Crippen molar-refractivity contribution >= 4 is 23.1 Å². The molecule has 1 aliphatic rings. The van der Waals surface area contributed by atoms with Crippen LogP contribution in [0.3, 0.4) is 0 Å². The van der Waals surface area contributed by atoms with Gasteiger partial charge in [-0.25, -0.2) is 0 Å². The Morgan fingerprint density at radius 2 is 1.69 bits per heavy atom. The van der Waals surface area contributed by atoms with E-state index in [2.05, 4.69) is 0 Å². The van der Waals surface area contributed by atoms with E-state index < -0.39 is 17.7 Å². The van der Waals surface area contributed by atoms with E-state index in [4.69, 9.17) is 4.74 Å². The zero-order chi connectivity index (χ0) is 25.5. The van der Waals surface area contributed by atoms with Crippen LogP contribution in [0.2, 0.25) is 0 Å². The number of phenolic OH excluding ortho intramolecular Hbond substituents is 1. The van der Waals surface area contributed by atoms with Crippen LogP contribution in [0, 0.1) is 6.92 Å². The van der Waals surface area contributed by atoms with Gasteiger partial charge in [-0.3, -0.25) is 14.5 Å². The van der Waals surface area contributed by atoms with E-state index in [0.717, 1.165) is 11.1 Å². The van der Waals surface area contributed by atoms with Crippen molar-refractivity contribution < 1.29 is 24.5 Å². The minimum atomic E-state index is -0.938. The van der Waals surface area contributed by atoms with Crippen molar-refractivity contribution in [3.8, 4) is 11.5 Å². The number of aliphatic hydroxyl groups is 1. The van der Waals surface area contributed by atoms with Crippen molar-refractivity contribution in [3.05, 3.63) is 94.6 Å². The van der Waals surface area contributed by atoms with E-state index in [9.17, 15) is 19.8 Å². The summed E-state index contributed by atoms with van der Waals surface area (Å²) < 4.78 is 5.50. The Labute approximate surface area is 205 Å². The first-order valence-electron chi connectivity index (χ1n) is 11.4. The van der Waals surface area contributed by atoms with Gasteiger partial charge >= 0.3 is 0 Å². The van der Waals surface area contributed by atoms with E-state index in [-0.39, 0.29) is 22.5 Å². The van der Waals surface area contributed by atoms with E-state index in [1.807, 2.05) is 45.9 Å². The standard InChI is InChI=1S/C29H29NO5/c1-17-8-6-10-20(14-17)30-25(18-9-7-11-21(31)15-18)24(27(33)28(30)34)26(32)22-16-19(29(2,3)4)12-13-23(22)35-5/h6-16,25,31-32H,1-5H3/b26-24+. The largest absolute Gasteiger partial charge is 0.508 e. The SMILES string of the molecule is COc1ccc(C(C)(C)C)cc1/C(O)=C1\C(=O)C(=O)N(c2cccc(C)c2)C1c1cccc(O)c1. The number of nitrogens with zero attached hydrogens (tertiary/aromatic N) is 1. The maximum atomic E-state index is 13.4. The summed E-state index contributed by atoms with van der Waals surface area (Å²) in [5, 5.41) is 21.7. The number of carbonyl (C=O) groups excluding carboxylic acids is 2. The van der Waals surface area contributed by atoms with Crippen LogP contribution in [0.4, 0.5) is 5.69 Å². The lowest BCUT2D eigenvalue weighted by Crippen LogP contribution is -2.29. The Morgan fingerprint density at radius 1 is 0.971 bits per heavy atom. The van der Waals surface area contributed by atoms with Crippen LogP contribution in [0.15, 0.2) is 72.3 Å². The van der Waals surface area contributed by atoms with Gasteiger partial charge in [0, 0.05) is 5.69 Å². The molecule has 1 saturated heterocycles. The molecule has 1 amide bonds. The van der Waals surface area contributed by atoms with E-state index >= 15 is 0 Å². The van der Waals surface area contributed by atoms with E-state index in [1.54, 1.807) is 36.4 Å². The third-order valence-electron chi connectivity index (χ3n) is 6.23. The van der Waals surface area contributed by atoms with Crippen molar-refractivity contribution in [1.82, 2.24) is 0 Å². The number of amides is 1. The fourth-order valence-corrected chi connectivity index (χ4v) is 4.39. The maximum absolute atomic E-state index is 13.4. The van der Waals surface area contributed by atoms with Crippen LogP contribution in [0.5, 0.6) is 11.5 Å². The lowest BCUT2D eigenvalue weighted by Gasteiger charge is -2.26. The van der Waals surface area contributed by atoms with E-state index in [0.29, 0.717) is 22.6 Å². The quantitative estimate of drug-likeness (QED) is 0.292. The molecule has 6 nitrogen and oxygen atoms in total. The Kier molecular flexibility index (Phi) is 6.15. The monoisotopic (exact) mass is 471 g/mol. The predicted octanol–water partition coefficient (Wildman–Crippen LogP) is 5.63. The fraction of sp³-hybridized carbons (Fsp3) is 0.241. The second kappa shape index (κ2) is 8.95. The summed E-state index contributed by atoms with van der Waals surface area (Å²) in [5.41, 5.74) is 2.91. The summed E-state index contributed by atoms with van der Waals surface area (Å²) in [6.07, 6.45) is 0. The number of rotatable bonds is 4. The first-order valence-corrected chi connectivity index (χ1v) is 11.4. The molecule has 3 aromatic carbocycles. The zero-order valence-electron chi connectivity index (χ0n) is 20.5. The second-order valence-corrected chi connectivity index (χ2v) is 9.77. The smallest absolute Gasteiger partial charge is 0.300 e. The lowest BCUT2D eigenvalue weighted by atomic mass is 9.85. The molecule has 180 valence electrons. The van der Waals surface area contributed by atoms with Crippen LogP contribution >= 0.6 is 0 Å². The second-order valence-electron chi connectivity index (χ2n) is 9.77. The van der Waals surface area contributed by atoms with Crippen molar-refractivity contribution in [1.29, 1.82) is 0 Å². The number of hydrogen-bond donors (Lipinski definition) is 2. The van der Waals surface area contributed by atoms with Crippen LogP contribution in [0.25, 0.3) is 5.76 Å². The molecule has 2 N–H and O–H groups in total. The number of ketones is 1. The van der Waals surface area contributed by atoms with E-state index in [1.165, 1.54) is 24.1 Å². The average Bonchev–Trinajstić information content (AvgIpc) is 3.08. The number of methoxy groups -OCH3 is 1. The summed E-state index contributed by atoms with van der Waals surface area (Å²) in [6.45, 7) is 8.03. The molecule has 6 heteroatoms. The molecule has 0 saturated carbocycles. The normalized spacial score (nSPS) is 17.6. The molecule has 1 unspecified atom stereocenters. The number of aromatic hydroxyl groups is 1. The lowest BCUT2D eigenvalue weighted by molar-refractivity contribution is -0.132. The number of anilines is 1. The first-order chi connectivity index (χ1) is 16.5. The summed E-state index contributed by atoms with van der Waals surface area (Å²) in [5.74, 6) is -1.51. The molecule has 0 aromatic heterocycles. The van der Waals surface area contributed by atoms with Gasteiger partial charge in [-0.15, -0.1) is 0 Å². The minimum Gasteiger partial charge on any atom is -0.508 e. The summed E-state index contributed by atoms with van der Waals surface area (Å²) in [6, 6.07) is 18.1. The topological polar surface area (TPSA) is 87.1 Å². The van der Waals surface area contributed by atoms with Gasteiger partial charge in [-0.1, -0.05) is 51.1 Å². The summed E-state index contributed by atoms with van der Waals surface area (Å²) in [4.78, 5) is 28.1. The summed E-state index contributed by atoms with van der Waals surface area (Å²) in [7, 11) is 1.49. The van der Waals surface area contributed by atoms with Gasteiger partial charge in [0.2, 0.25) is 0 Å². The zero-order valence-corrected chi connectivity index (χ0v) is 20.5. The highest BCUT2D eigenvalue weighted by atomic mass is 16.5. The number of Topliss-reactive ketones (excluding diaryl/α,β-unsaturated/α-hetero) is 1.